The number of aryl methyl sites for hydroxylation is 2. The predicted molar refractivity (Wildman–Crippen MR) is 112 cm³/mol. The van der Waals surface area contributed by atoms with Gasteiger partial charge in [0, 0.05) is 16.5 Å². The van der Waals surface area contributed by atoms with Crippen LogP contribution < -0.4 is 0 Å². The number of hydrogen-bond donors (Lipinski definition) is 0. The maximum atomic E-state index is 13.2. The number of aromatic nitrogens is 1. The molecular weight excluding hydrogens is 390 g/mol. The Bertz CT molecular complexity index is 1290. The SMILES string of the molecule is Cc1ccc(S(=O)c2cn(S(=O)(=O)c3ccc(C)cc3)c3ccccc23)cc1. The van der Waals surface area contributed by atoms with Crippen LogP contribution in [0.15, 0.2) is 93.7 Å². The van der Waals surface area contributed by atoms with E-state index in [0.717, 1.165) is 11.1 Å². The fourth-order valence-electron chi connectivity index (χ4n) is 3.08. The molecule has 1 unspecified atom stereocenters. The van der Waals surface area contributed by atoms with Crippen LogP contribution in [0.2, 0.25) is 0 Å². The molecule has 0 aliphatic heterocycles. The molecule has 6 heteroatoms. The Labute approximate surface area is 167 Å². The van der Waals surface area contributed by atoms with Gasteiger partial charge in [-0.2, -0.15) is 0 Å². The van der Waals surface area contributed by atoms with E-state index in [9.17, 15) is 12.6 Å². The van der Waals surface area contributed by atoms with Crippen LogP contribution >= 0.6 is 0 Å². The third-order valence-electron chi connectivity index (χ3n) is 4.65. The van der Waals surface area contributed by atoms with Gasteiger partial charge in [0.15, 0.2) is 0 Å². The van der Waals surface area contributed by atoms with E-state index in [1.165, 1.54) is 10.2 Å². The quantitative estimate of drug-likeness (QED) is 0.492. The molecule has 3 aromatic carbocycles. The first-order valence-corrected chi connectivity index (χ1v) is 11.4. The van der Waals surface area contributed by atoms with E-state index < -0.39 is 20.8 Å². The average Bonchev–Trinajstić information content (AvgIpc) is 3.09. The molecule has 1 atom stereocenters. The highest BCUT2D eigenvalue weighted by Crippen LogP contribution is 2.30. The molecular formula is C22H19NO3S2. The van der Waals surface area contributed by atoms with Crippen molar-refractivity contribution in [1.29, 1.82) is 0 Å². The second-order valence-corrected chi connectivity index (χ2v) is 9.97. The molecule has 4 rings (SSSR count). The fraction of sp³-hybridized carbons (Fsp3) is 0.0909. The molecule has 1 heterocycles. The lowest BCUT2D eigenvalue weighted by Gasteiger charge is -2.07. The van der Waals surface area contributed by atoms with Gasteiger partial charge in [0.2, 0.25) is 0 Å². The van der Waals surface area contributed by atoms with Gasteiger partial charge >= 0.3 is 0 Å². The molecule has 0 radical (unpaired) electrons. The number of nitrogens with zero attached hydrogens (tertiary/aromatic N) is 1. The van der Waals surface area contributed by atoms with Crippen LogP contribution in [0.5, 0.6) is 0 Å². The average molecular weight is 410 g/mol. The molecule has 142 valence electrons. The summed E-state index contributed by atoms with van der Waals surface area (Å²) in [6, 6.07) is 21.3. The number of hydrogen-bond acceptors (Lipinski definition) is 3. The number of rotatable bonds is 4. The molecule has 0 fully saturated rings. The molecule has 4 nitrogen and oxygen atoms in total. The first-order chi connectivity index (χ1) is 13.4. The van der Waals surface area contributed by atoms with Gasteiger partial charge in [-0.1, -0.05) is 53.6 Å². The second-order valence-electron chi connectivity index (χ2n) is 6.71. The minimum atomic E-state index is -3.80. The van der Waals surface area contributed by atoms with Crippen molar-refractivity contribution in [3.63, 3.8) is 0 Å². The van der Waals surface area contributed by atoms with Crippen molar-refractivity contribution in [3.8, 4) is 0 Å². The lowest BCUT2D eigenvalue weighted by molar-refractivity contribution is 0.589. The van der Waals surface area contributed by atoms with Crippen molar-refractivity contribution in [2.24, 2.45) is 0 Å². The maximum absolute atomic E-state index is 13.2. The third-order valence-corrected chi connectivity index (χ3v) is 7.77. The predicted octanol–water partition coefficient (Wildman–Crippen LogP) is 4.66. The lowest BCUT2D eigenvalue weighted by atomic mass is 10.2. The first-order valence-electron chi connectivity index (χ1n) is 8.79. The van der Waals surface area contributed by atoms with Crippen molar-refractivity contribution in [2.75, 3.05) is 0 Å². The lowest BCUT2D eigenvalue weighted by Crippen LogP contribution is -2.11. The van der Waals surface area contributed by atoms with Gasteiger partial charge in [-0.25, -0.2) is 16.6 Å². The van der Waals surface area contributed by atoms with Crippen LogP contribution in [0.3, 0.4) is 0 Å². The molecule has 0 saturated heterocycles. The molecule has 0 bridgehead atoms. The molecule has 0 spiro atoms. The van der Waals surface area contributed by atoms with E-state index in [1.807, 2.05) is 44.2 Å². The summed E-state index contributed by atoms with van der Waals surface area (Å²) in [5.74, 6) is 0. The molecule has 0 amide bonds. The van der Waals surface area contributed by atoms with E-state index in [4.69, 9.17) is 0 Å². The third kappa shape index (κ3) is 3.19. The van der Waals surface area contributed by atoms with Gasteiger partial charge in [0.1, 0.15) is 0 Å². The molecule has 0 saturated carbocycles. The van der Waals surface area contributed by atoms with E-state index >= 15 is 0 Å². The van der Waals surface area contributed by atoms with Crippen molar-refractivity contribution >= 4 is 31.7 Å². The standard InChI is InChI=1S/C22H19NO3S2/c1-16-7-11-18(12-8-16)27(24)22-15-23(21-6-4-3-5-20(21)22)28(25,26)19-13-9-17(2)10-14-19/h3-15H,1-2H3. The van der Waals surface area contributed by atoms with Crippen LogP contribution in [-0.4, -0.2) is 16.6 Å². The minimum absolute atomic E-state index is 0.200. The van der Waals surface area contributed by atoms with Crippen molar-refractivity contribution in [2.45, 2.75) is 28.5 Å². The Hall–Kier alpha value is -2.70. The zero-order valence-corrected chi connectivity index (χ0v) is 17.1. The normalized spacial score (nSPS) is 12.9. The van der Waals surface area contributed by atoms with Crippen LogP contribution in [0.1, 0.15) is 11.1 Å². The largest absolute Gasteiger partial charge is 0.268 e. The summed E-state index contributed by atoms with van der Waals surface area (Å²) in [5, 5.41) is 0.664. The Balaban J connectivity index is 1.91. The number of benzene rings is 3. The van der Waals surface area contributed by atoms with Crippen LogP contribution in [0, 0.1) is 13.8 Å². The summed E-state index contributed by atoms with van der Waals surface area (Å²) >= 11 is 0. The summed E-state index contributed by atoms with van der Waals surface area (Å²) in [6.45, 7) is 3.87. The Morgan fingerprint density at radius 2 is 1.36 bits per heavy atom. The van der Waals surface area contributed by atoms with Crippen LogP contribution in [-0.2, 0) is 20.8 Å². The topological polar surface area (TPSA) is 56.1 Å². The number of fused-ring (bicyclic) bond motifs is 1. The van der Waals surface area contributed by atoms with Crippen molar-refractivity contribution in [1.82, 2.24) is 3.97 Å². The van der Waals surface area contributed by atoms with E-state index in [0.29, 0.717) is 20.7 Å². The van der Waals surface area contributed by atoms with Gasteiger partial charge in [0.25, 0.3) is 10.0 Å². The smallest absolute Gasteiger partial charge is 0.249 e. The maximum Gasteiger partial charge on any atom is 0.268 e. The second kappa shape index (κ2) is 7.04. The highest BCUT2D eigenvalue weighted by atomic mass is 32.2. The van der Waals surface area contributed by atoms with Gasteiger partial charge < -0.3 is 0 Å². The van der Waals surface area contributed by atoms with Crippen molar-refractivity contribution < 1.29 is 12.6 Å². The fourth-order valence-corrected chi connectivity index (χ4v) is 5.73. The van der Waals surface area contributed by atoms with Crippen LogP contribution in [0.25, 0.3) is 10.9 Å². The van der Waals surface area contributed by atoms with Crippen molar-refractivity contribution in [3.05, 3.63) is 90.1 Å². The van der Waals surface area contributed by atoms with Gasteiger partial charge in [-0.15, -0.1) is 0 Å². The Morgan fingerprint density at radius 3 is 2.00 bits per heavy atom. The minimum Gasteiger partial charge on any atom is -0.249 e. The Kier molecular flexibility index (Phi) is 4.69. The summed E-state index contributed by atoms with van der Waals surface area (Å²) in [5.41, 5.74) is 2.57. The highest BCUT2D eigenvalue weighted by molar-refractivity contribution is 7.90. The molecule has 0 N–H and O–H groups in total. The van der Waals surface area contributed by atoms with Gasteiger partial charge in [0.05, 0.1) is 26.1 Å². The first kappa shape index (κ1) is 18.7. The summed E-state index contributed by atoms with van der Waals surface area (Å²) < 4.78 is 40.9. The highest BCUT2D eigenvalue weighted by Gasteiger charge is 2.23. The molecule has 28 heavy (non-hydrogen) atoms. The summed E-state index contributed by atoms with van der Waals surface area (Å²) in [7, 11) is -5.29. The van der Waals surface area contributed by atoms with E-state index in [1.54, 1.807) is 42.5 Å². The van der Waals surface area contributed by atoms with E-state index in [2.05, 4.69) is 0 Å². The molecule has 0 aliphatic carbocycles. The zero-order valence-electron chi connectivity index (χ0n) is 15.5. The number of para-hydroxylation sites is 1. The molecule has 4 aromatic rings. The summed E-state index contributed by atoms with van der Waals surface area (Å²) in [6.07, 6.45) is 1.48. The Morgan fingerprint density at radius 1 is 0.786 bits per heavy atom. The van der Waals surface area contributed by atoms with Gasteiger partial charge in [-0.3, -0.25) is 0 Å². The monoisotopic (exact) mass is 409 g/mol. The summed E-state index contributed by atoms with van der Waals surface area (Å²) in [4.78, 5) is 1.32. The van der Waals surface area contributed by atoms with E-state index in [-0.39, 0.29) is 4.90 Å². The molecule has 1 aromatic heterocycles. The van der Waals surface area contributed by atoms with Crippen LogP contribution in [0.4, 0.5) is 0 Å². The van der Waals surface area contributed by atoms with Gasteiger partial charge in [-0.05, 0) is 44.2 Å². The zero-order chi connectivity index (χ0) is 19.9. The molecule has 0 aliphatic rings.